The molecular formula is C22H18N4O4. The number of para-hydroxylation sites is 1. The van der Waals surface area contributed by atoms with Crippen LogP contribution in [-0.2, 0) is 0 Å². The van der Waals surface area contributed by atoms with E-state index in [2.05, 4.69) is 15.4 Å². The summed E-state index contributed by atoms with van der Waals surface area (Å²) in [6.07, 6.45) is 2.99. The molecule has 0 aliphatic rings. The van der Waals surface area contributed by atoms with Crippen LogP contribution in [0.4, 0.5) is 0 Å². The zero-order valence-electron chi connectivity index (χ0n) is 16.3. The standard InChI is InChI=1S/C22H18N4O4/c1-29-18-10-9-14(12-19(18)30-2)20-24-17-8-4-3-7-16(17)22(28)26(20)25-21(27)15-6-5-11-23-13-15/h3-13H,1-2H3,(H,25,27). The van der Waals surface area contributed by atoms with Crippen LogP contribution in [0.25, 0.3) is 22.3 Å². The second-order valence-corrected chi connectivity index (χ2v) is 6.35. The van der Waals surface area contributed by atoms with E-state index in [4.69, 9.17) is 9.47 Å². The summed E-state index contributed by atoms with van der Waals surface area (Å²) in [5.74, 6) is 0.791. The van der Waals surface area contributed by atoms with Crippen molar-refractivity contribution in [1.82, 2.24) is 14.6 Å². The van der Waals surface area contributed by atoms with Gasteiger partial charge in [-0.2, -0.15) is 4.68 Å². The van der Waals surface area contributed by atoms with Crippen molar-refractivity contribution in [2.24, 2.45) is 0 Å². The number of methoxy groups -OCH3 is 2. The van der Waals surface area contributed by atoms with Gasteiger partial charge in [-0.25, -0.2) is 4.98 Å². The summed E-state index contributed by atoms with van der Waals surface area (Å²) < 4.78 is 11.8. The van der Waals surface area contributed by atoms with Crippen LogP contribution in [0.1, 0.15) is 10.4 Å². The zero-order valence-corrected chi connectivity index (χ0v) is 16.3. The topological polar surface area (TPSA) is 95.3 Å². The lowest BCUT2D eigenvalue weighted by molar-refractivity contribution is 0.101. The first kappa shape index (κ1) is 19.1. The molecule has 0 unspecified atom stereocenters. The molecule has 4 aromatic rings. The number of ether oxygens (including phenoxy) is 2. The normalized spacial score (nSPS) is 10.6. The Morgan fingerprint density at radius 3 is 2.53 bits per heavy atom. The largest absolute Gasteiger partial charge is 0.493 e. The number of hydrogen-bond acceptors (Lipinski definition) is 6. The number of nitrogens with zero attached hydrogens (tertiary/aromatic N) is 3. The summed E-state index contributed by atoms with van der Waals surface area (Å²) >= 11 is 0. The van der Waals surface area contributed by atoms with E-state index in [0.29, 0.717) is 33.5 Å². The van der Waals surface area contributed by atoms with Gasteiger partial charge in [-0.1, -0.05) is 12.1 Å². The van der Waals surface area contributed by atoms with E-state index in [1.165, 1.54) is 20.4 Å². The fourth-order valence-corrected chi connectivity index (χ4v) is 3.07. The van der Waals surface area contributed by atoms with E-state index in [-0.39, 0.29) is 5.82 Å². The molecular weight excluding hydrogens is 384 g/mol. The first-order valence-corrected chi connectivity index (χ1v) is 9.08. The van der Waals surface area contributed by atoms with Gasteiger partial charge in [-0.05, 0) is 42.5 Å². The van der Waals surface area contributed by atoms with E-state index >= 15 is 0 Å². The molecule has 2 aromatic heterocycles. The Hall–Kier alpha value is -4.20. The molecule has 2 heterocycles. The second kappa shape index (κ2) is 8.04. The maximum Gasteiger partial charge on any atom is 0.280 e. The van der Waals surface area contributed by atoms with Gasteiger partial charge in [-0.3, -0.25) is 20.0 Å². The lowest BCUT2D eigenvalue weighted by Crippen LogP contribution is -2.35. The van der Waals surface area contributed by atoms with Gasteiger partial charge in [0.2, 0.25) is 0 Å². The third-order valence-corrected chi connectivity index (χ3v) is 4.55. The maximum atomic E-state index is 13.2. The van der Waals surface area contributed by atoms with Crippen LogP contribution < -0.4 is 20.5 Å². The second-order valence-electron chi connectivity index (χ2n) is 6.35. The number of rotatable bonds is 5. The van der Waals surface area contributed by atoms with Gasteiger partial charge in [0.05, 0.1) is 30.7 Å². The van der Waals surface area contributed by atoms with Gasteiger partial charge in [0, 0.05) is 18.0 Å². The number of benzene rings is 2. The molecule has 0 saturated carbocycles. The Balaban J connectivity index is 1.91. The quantitative estimate of drug-likeness (QED) is 0.552. The highest BCUT2D eigenvalue weighted by atomic mass is 16.5. The van der Waals surface area contributed by atoms with Crippen molar-refractivity contribution in [3.63, 3.8) is 0 Å². The Morgan fingerprint density at radius 2 is 1.80 bits per heavy atom. The highest BCUT2D eigenvalue weighted by Crippen LogP contribution is 2.31. The molecule has 0 spiro atoms. The molecule has 0 radical (unpaired) electrons. The van der Waals surface area contributed by atoms with Gasteiger partial charge in [0.15, 0.2) is 17.3 Å². The Kier molecular flexibility index (Phi) is 5.13. The molecule has 150 valence electrons. The van der Waals surface area contributed by atoms with Crippen LogP contribution in [0.3, 0.4) is 0 Å². The molecule has 0 saturated heterocycles. The minimum atomic E-state index is -0.482. The monoisotopic (exact) mass is 402 g/mol. The van der Waals surface area contributed by atoms with Crippen LogP contribution in [0.15, 0.2) is 71.8 Å². The number of aromatic nitrogens is 3. The van der Waals surface area contributed by atoms with Crippen LogP contribution >= 0.6 is 0 Å². The molecule has 8 nitrogen and oxygen atoms in total. The number of fused-ring (bicyclic) bond motifs is 1. The predicted molar refractivity (Wildman–Crippen MR) is 112 cm³/mol. The molecule has 4 rings (SSSR count). The summed E-state index contributed by atoms with van der Waals surface area (Å²) in [5.41, 5.74) is 3.64. The minimum absolute atomic E-state index is 0.261. The van der Waals surface area contributed by atoms with E-state index in [1.54, 1.807) is 60.8 Å². The fraction of sp³-hybridized carbons (Fsp3) is 0.0909. The minimum Gasteiger partial charge on any atom is -0.493 e. The van der Waals surface area contributed by atoms with Crippen LogP contribution in [0, 0.1) is 0 Å². The summed E-state index contributed by atoms with van der Waals surface area (Å²) in [6, 6.07) is 15.4. The molecule has 0 fully saturated rings. The Bertz CT molecular complexity index is 1290. The first-order valence-electron chi connectivity index (χ1n) is 9.08. The Morgan fingerprint density at radius 1 is 1.00 bits per heavy atom. The van der Waals surface area contributed by atoms with Crippen molar-refractivity contribution < 1.29 is 14.3 Å². The lowest BCUT2D eigenvalue weighted by Gasteiger charge is -2.16. The van der Waals surface area contributed by atoms with Crippen molar-refractivity contribution in [3.05, 3.63) is 82.9 Å². The number of nitrogens with one attached hydrogen (secondary N) is 1. The zero-order chi connectivity index (χ0) is 21.1. The van der Waals surface area contributed by atoms with E-state index in [0.717, 1.165) is 4.68 Å². The molecule has 0 bridgehead atoms. The van der Waals surface area contributed by atoms with Gasteiger partial charge >= 0.3 is 0 Å². The third kappa shape index (κ3) is 3.46. The van der Waals surface area contributed by atoms with Crippen molar-refractivity contribution >= 4 is 16.8 Å². The summed E-state index contributed by atoms with van der Waals surface area (Å²) in [7, 11) is 3.06. The van der Waals surface area contributed by atoms with Gasteiger partial charge in [-0.15, -0.1) is 0 Å². The third-order valence-electron chi connectivity index (χ3n) is 4.55. The number of pyridine rings is 1. The molecule has 2 aromatic carbocycles. The lowest BCUT2D eigenvalue weighted by atomic mass is 10.1. The SMILES string of the molecule is COc1ccc(-c2nc3ccccc3c(=O)n2NC(=O)c2cccnc2)cc1OC. The average molecular weight is 402 g/mol. The first-order chi connectivity index (χ1) is 14.6. The van der Waals surface area contributed by atoms with Crippen LogP contribution in [0.5, 0.6) is 11.5 Å². The molecule has 0 atom stereocenters. The van der Waals surface area contributed by atoms with Gasteiger partial charge < -0.3 is 9.47 Å². The number of amides is 1. The van der Waals surface area contributed by atoms with E-state index in [1.807, 2.05) is 0 Å². The summed E-state index contributed by atoms with van der Waals surface area (Å²) in [5, 5.41) is 0.383. The maximum absolute atomic E-state index is 13.2. The highest BCUT2D eigenvalue weighted by Gasteiger charge is 2.17. The van der Waals surface area contributed by atoms with Crippen molar-refractivity contribution in [2.75, 3.05) is 19.6 Å². The predicted octanol–water partition coefficient (Wildman–Crippen LogP) is 2.86. The van der Waals surface area contributed by atoms with Crippen LogP contribution in [0.2, 0.25) is 0 Å². The van der Waals surface area contributed by atoms with E-state index in [9.17, 15) is 9.59 Å². The van der Waals surface area contributed by atoms with Crippen molar-refractivity contribution in [2.45, 2.75) is 0 Å². The van der Waals surface area contributed by atoms with Gasteiger partial charge in [0.1, 0.15) is 0 Å². The molecule has 0 aliphatic carbocycles. The number of carbonyl (C=O) groups is 1. The van der Waals surface area contributed by atoms with Gasteiger partial charge in [0.25, 0.3) is 11.5 Å². The highest BCUT2D eigenvalue weighted by molar-refractivity contribution is 6.00. The average Bonchev–Trinajstić information content (AvgIpc) is 2.80. The van der Waals surface area contributed by atoms with E-state index < -0.39 is 11.5 Å². The van der Waals surface area contributed by atoms with Crippen LogP contribution in [-0.4, -0.2) is 34.8 Å². The molecule has 0 aliphatic heterocycles. The fourth-order valence-electron chi connectivity index (χ4n) is 3.07. The molecule has 1 amide bonds. The Labute approximate surface area is 171 Å². The molecule has 30 heavy (non-hydrogen) atoms. The smallest absolute Gasteiger partial charge is 0.280 e. The summed E-state index contributed by atoms with van der Waals surface area (Å²) in [4.78, 5) is 34.5. The van der Waals surface area contributed by atoms with Crippen molar-refractivity contribution in [1.29, 1.82) is 0 Å². The number of hydrogen-bond donors (Lipinski definition) is 1. The van der Waals surface area contributed by atoms with Crippen molar-refractivity contribution in [3.8, 4) is 22.9 Å². The molecule has 1 N–H and O–H groups in total. The summed E-state index contributed by atoms with van der Waals surface area (Å²) in [6.45, 7) is 0. The molecule has 8 heteroatoms. The number of carbonyl (C=O) groups excluding carboxylic acids is 1.